The van der Waals surface area contributed by atoms with E-state index in [0.717, 1.165) is 12.8 Å². The highest BCUT2D eigenvalue weighted by Gasteiger charge is 2.00. The average molecular weight is 303 g/mol. The summed E-state index contributed by atoms with van der Waals surface area (Å²) in [7, 11) is 0. The zero-order chi connectivity index (χ0) is 14.9. The highest BCUT2D eigenvalue weighted by molar-refractivity contribution is 5.59. The van der Waals surface area contributed by atoms with E-state index < -0.39 is 6.16 Å². The molecule has 3 N–H and O–H groups in total. The predicted octanol–water partition coefficient (Wildman–Crippen LogP) is 6.02. The summed E-state index contributed by atoms with van der Waals surface area (Å²) in [5.74, 6) is 0. The SMILES string of the molecule is CCCCCCCCCCCCCCOC(=O)OCC.N. The molecule has 0 bridgehead atoms. The minimum atomic E-state index is -0.532. The Bertz CT molecular complexity index is 210. The van der Waals surface area contributed by atoms with Crippen LogP contribution in [0.3, 0.4) is 0 Å². The van der Waals surface area contributed by atoms with Crippen LogP contribution in [0.25, 0.3) is 0 Å². The van der Waals surface area contributed by atoms with Gasteiger partial charge in [0.05, 0.1) is 13.2 Å². The first-order valence-corrected chi connectivity index (χ1v) is 8.60. The lowest BCUT2D eigenvalue weighted by atomic mass is 10.1. The van der Waals surface area contributed by atoms with E-state index in [2.05, 4.69) is 11.7 Å². The molecule has 0 fully saturated rings. The largest absolute Gasteiger partial charge is 0.508 e. The molecule has 0 aliphatic rings. The quantitative estimate of drug-likeness (QED) is 0.314. The Labute approximate surface area is 131 Å². The van der Waals surface area contributed by atoms with Crippen LogP contribution in [0.2, 0.25) is 0 Å². The van der Waals surface area contributed by atoms with Crippen LogP contribution in [0.1, 0.15) is 90.9 Å². The molecule has 0 rings (SSSR count). The van der Waals surface area contributed by atoms with Crippen molar-refractivity contribution in [2.45, 2.75) is 90.9 Å². The molecule has 0 radical (unpaired) electrons. The van der Waals surface area contributed by atoms with Gasteiger partial charge < -0.3 is 15.6 Å². The Hall–Kier alpha value is -0.770. The van der Waals surface area contributed by atoms with Crippen LogP contribution in [0.5, 0.6) is 0 Å². The maximum absolute atomic E-state index is 10.9. The van der Waals surface area contributed by atoms with Gasteiger partial charge in [0.2, 0.25) is 0 Å². The predicted molar refractivity (Wildman–Crippen MR) is 89.1 cm³/mol. The molecule has 0 unspecified atom stereocenters. The third-order valence-electron chi connectivity index (χ3n) is 3.48. The van der Waals surface area contributed by atoms with Crippen LogP contribution in [-0.2, 0) is 9.47 Å². The molecule has 0 amide bonds. The van der Waals surface area contributed by atoms with Gasteiger partial charge >= 0.3 is 6.16 Å². The van der Waals surface area contributed by atoms with Crippen molar-refractivity contribution in [2.24, 2.45) is 0 Å². The first-order chi connectivity index (χ1) is 9.81. The van der Waals surface area contributed by atoms with Crippen molar-refractivity contribution in [2.75, 3.05) is 13.2 Å². The molecule has 4 heteroatoms. The fraction of sp³-hybridized carbons (Fsp3) is 0.941. The molecule has 0 aliphatic heterocycles. The molecule has 0 saturated heterocycles. The van der Waals surface area contributed by atoms with E-state index in [1.54, 1.807) is 6.92 Å². The molecular weight excluding hydrogens is 266 g/mol. The van der Waals surface area contributed by atoms with E-state index >= 15 is 0 Å². The normalized spacial score (nSPS) is 10.0. The number of hydrogen-bond acceptors (Lipinski definition) is 4. The van der Waals surface area contributed by atoms with Crippen LogP contribution < -0.4 is 6.15 Å². The topological polar surface area (TPSA) is 70.5 Å². The van der Waals surface area contributed by atoms with E-state index in [1.807, 2.05) is 0 Å². The van der Waals surface area contributed by atoms with Crippen molar-refractivity contribution in [3.63, 3.8) is 0 Å². The molecule has 0 aliphatic carbocycles. The van der Waals surface area contributed by atoms with Crippen molar-refractivity contribution < 1.29 is 14.3 Å². The summed E-state index contributed by atoms with van der Waals surface area (Å²) in [6.45, 7) is 4.93. The molecule has 0 aromatic heterocycles. The van der Waals surface area contributed by atoms with Crippen molar-refractivity contribution in [3.05, 3.63) is 0 Å². The smallest absolute Gasteiger partial charge is 0.435 e. The molecule has 0 spiro atoms. The Morgan fingerprint density at radius 2 is 1.10 bits per heavy atom. The van der Waals surface area contributed by atoms with E-state index in [9.17, 15) is 4.79 Å². The molecule has 21 heavy (non-hydrogen) atoms. The maximum Gasteiger partial charge on any atom is 0.508 e. The molecule has 128 valence electrons. The zero-order valence-electron chi connectivity index (χ0n) is 14.3. The summed E-state index contributed by atoms with van der Waals surface area (Å²) in [5, 5.41) is 0. The van der Waals surface area contributed by atoms with Gasteiger partial charge in [0.15, 0.2) is 0 Å². The third-order valence-corrected chi connectivity index (χ3v) is 3.48. The van der Waals surface area contributed by atoms with Gasteiger partial charge in [-0.1, -0.05) is 77.6 Å². The fourth-order valence-corrected chi connectivity index (χ4v) is 2.26. The van der Waals surface area contributed by atoms with Gasteiger partial charge in [-0.05, 0) is 13.3 Å². The van der Waals surface area contributed by atoms with Gasteiger partial charge in [0.25, 0.3) is 0 Å². The van der Waals surface area contributed by atoms with Crippen molar-refractivity contribution in [1.29, 1.82) is 0 Å². The second-order valence-corrected chi connectivity index (χ2v) is 5.42. The number of unbranched alkanes of at least 4 members (excludes halogenated alkanes) is 11. The average Bonchev–Trinajstić information content (AvgIpc) is 2.44. The summed E-state index contributed by atoms with van der Waals surface area (Å²) >= 11 is 0. The van der Waals surface area contributed by atoms with Gasteiger partial charge in [-0.2, -0.15) is 0 Å². The molecule has 0 aromatic carbocycles. The van der Waals surface area contributed by atoms with Crippen LogP contribution in [0.4, 0.5) is 4.79 Å². The highest BCUT2D eigenvalue weighted by Crippen LogP contribution is 2.11. The van der Waals surface area contributed by atoms with E-state index in [4.69, 9.17) is 4.74 Å². The molecule has 0 aromatic rings. The highest BCUT2D eigenvalue weighted by atomic mass is 16.7. The number of ether oxygens (including phenoxy) is 2. The number of carbonyl (C=O) groups excluding carboxylic acids is 1. The summed E-state index contributed by atoms with van der Waals surface area (Å²) in [4.78, 5) is 10.9. The standard InChI is InChI=1S/C17H34O3.H3N/c1-3-5-6-7-8-9-10-11-12-13-14-15-16-20-17(18)19-4-2;/h3-16H2,1-2H3;1H3. The van der Waals surface area contributed by atoms with Crippen LogP contribution in [0.15, 0.2) is 0 Å². The van der Waals surface area contributed by atoms with E-state index in [-0.39, 0.29) is 6.15 Å². The molecule has 0 saturated carbocycles. The van der Waals surface area contributed by atoms with E-state index in [1.165, 1.54) is 64.2 Å². The number of carbonyl (C=O) groups is 1. The summed E-state index contributed by atoms with van der Waals surface area (Å²) in [6, 6.07) is 0. The summed E-state index contributed by atoms with van der Waals surface area (Å²) < 4.78 is 9.60. The zero-order valence-corrected chi connectivity index (χ0v) is 14.3. The van der Waals surface area contributed by atoms with Crippen molar-refractivity contribution in [1.82, 2.24) is 6.15 Å². The van der Waals surface area contributed by atoms with Crippen molar-refractivity contribution in [3.8, 4) is 0 Å². The number of rotatable bonds is 14. The maximum atomic E-state index is 10.9. The summed E-state index contributed by atoms with van der Waals surface area (Å²) in [6.07, 6.45) is 15.2. The molecule has 4 nitrogen and oxygen atoms in total. The minimum Gasteiger partial charge on any atom is -0.435 e. The minimum absolute atomic E-state index is 0. The second kappa shape index (κ2) is 19.2. The molecular formula is C17H37NO3. The van der Waals surface area contributed by atoms with Gasteiger partial charge in [-0.25, -0.2) is 4.79 Å². The van der Waals surface area contributed by atoms with Crippen LogP contribution >= 0.6 is 0 Å². The first-order valence-electron chi connectivity index (χ1n) is 8.60. The number of hydrogen-bond donors (Lipinski definition) is 1. The molecule has 0 heterocycles. The van der Waals surface area contributed by atoms with Crippen LogP contribution in [0, 0.1) is 0 Å². The Balaban J connectivity index is 0. The summed E-state index contributed by atoms with van der Waals surface area (Å²) in [5.41, 5.74) is 0. The lowest BCUT2D eigenvalue weighted by Crippen LogP contribution is -2.07. The Morgan fingerprint density at radius 1 is 0.667 bits per heavy atom. The Morgan fingerprint density at radius 3 is 1.52 bits per heavy atom. The van der Waals surface area contributed by atoms with Gasteiger partial charge in [-0.15, -0.1) is 0 Å². The monoisotopic (exact) mass is 303 g/mol. The molecule has 0 atom stereocenters. The van der Waals surface area contributed by atoms with Crippen molar-refractivity contribution >= 4 is 6.16 Å². The van der Waals surface area contributed by atoms with Gasteiger partial charge in [0.1, 0.15) is 0 Å². The van der Waals surface area contributed by atoms with Gasteiger partial charge in [0, 0.05) is 0 Å². The lowest BCUT2D eigenvalue weighted by Gasteiger charge is -2.04. The fourth-order valence-electron chi connectivity index (χ4n) is 2.26. The third kappa shape index (κ3) is 19.2. The van der Waals surface area contributed by atoms with E-state index in [0.29, 0.717) is 13.2 Å². The first kappa shape index (κ1) is 22.5. The van der Waals surface area contributed by atoms with Gasteiger partial charge in [-0.3, -0.25) is 0 Å². The lowest BCUT2D eigenvalue weighted by molar-refractivity contribution is 0.0578. The van der Waals surface area contributed by atoms with Crippen LogP contribution in [-0.4, -0.2) is 19.4 Å². The second-order valence-electron chi connectivity index (χ2n) is 5.42. The Kier molecular flexibility index (Phi) is 20.6.